The average Bonchev–Trinajstić information content (AvgIpc) is 2.51. The van der Waals surface area contributed by atoms with E-state index in [0.717, 1.165) is 7.11 Å². The third-order valence-corrected chi connectivity index (χ3v) is 2.72. The van der Waals surface area contributed by atoms with Gasteiger partial charge in [0, 0.05) is 5.56 Å². The third-order valence-electron chi connectivity index (χ3n) is 2.72. The highest BCUT2D eigenvalue weighted by molar-refractivity contribution is 5.98. The van der Waals surface area contributed by atoms with E-state index >= 15 is 0 Å². The van der Waals surface area contributed by atoms with Gasteiger partial charge in [-0.1, -0.05) is 0 Å². The molecule has 0 bridgehead atoms. The van der Waals surface area contributed by atoms with Gasteiger partial charge in [0.25, 0.3) is 5.91 Å². The van der Waals surface area contributed by atoms with Crippen molar-refractivity contribution in [1.29, 1.82) is 0 Å². The Bertz CT molecular complexity index is 504. The van der Waals surface area contributed by atoms with Gasteiger partial charge in [0.05, 0.1) is 27.9 Å². The maximum atomic E-state index is 12.1. The predicted molar refractivity (Wildman–Crippen MR) is 71.6 cm³/mol. The molecule has 0 aliphatic heterocycles. The van der Waals surface area contributed by atoms with Crippen molar-refractivity contribution in [2.45, 2.75) is 6.04 Å². The second-order valence-electron chi connectivity index (χ2n) is 3.96. The van der Waals surface area contributed by atoms with Crippen LogP contribution in [0.25, 0.3) is 0 Å². The number of carbonyl (C=O) groups is 2. The fourth-order valence-electron chi connectivity index (χ4n) is 1.59. The molecule has 0 aromatic heterocycles. The number of hydrogen-bond acceptors (Lipinski definition) is 7. The zero-order valence-corrected chi connectivity index (χ0v) is 11.9. The van der Waals surface area contributed by atoms with Crippen LogP contribution in [0.5, 0.6) is 17.2 Å². The number of aliphatic hydroxyl groups excluding tert-OH is 1. The van der Waals surface area contributed by atoms with Crippen LogP contribution in [0.4, 0.5) is 0 Å². The molecule has 0 saturated heterocycles. The Morgan fingerprint density at radius 1 is 1.19 bits per heavy atom. The first-order chi connectivity index (χ1) is 9.98. The van der Waals surface area contributed by atoms with Crippen molar-refractivity contribution in [3.63, 3.8) is 0 Å². The van der Waals surface area contributed by atoms with E-state index in [1.165, 1.54) is 26.4 Å². The number of methoxy groups -OCH3 is 3. The summed E-state index contributed by atoms with van der Waals surface area (Å²) in [5.74, 6) is -1.60. The molecule has 21 heavy (non-hydrogen) atoms. The van der Waals surface area contributed by atoms with Crippen molar-refractivity contribution in [3.05, 3.63) is 17.7 Å². The first-order valence-electron chi connectivity index (χ1n) is 5.93. The molecule has 0 fully saturated rings. The minimum absolute atomic E-state index is 0.0399. The minimum Gasteiger partial charge on any atom is -0.502 e. The summed E-state index contributed by atoms with van der Waals surface area (Å²) in [5, 5.41) is 21.1. The first kappa shape index (κ1) is 16.6. The molecule has 8 nitrogen and oxygen atoms in total. The lowest BCUT2D eigenvalue weighted by atomic mass is 10.1. The van der Waals surface area contributed by atoms with Gasteiger partial charge >= 0.3 is 5.97 Å². The monoisotopic (exact) mass is 299 g/mol. The summed E-state index contributed by atoms with van der Waals surface area (Å²) in [6.07, 6.45) is 0. The van der Waals surface area contributed by atoms with Crippen LogP contribution in [0, 0.1) is 0 Å². The van der Waals surface area contributed by atoms with Gasteiger partial charge in [-0.25, -0.2) is 4.79 Å². The van der Waals surface area contributed by atoms with Crippen LogP contribution >= 0.6 is 0 Å². The van der Waals surface area contributed by atoms with E-state index in [1.807, 2.05) is 0 Å². The Labute approximate surface area is 121 Å². The van der Waals surface area contributed by atoms with Crippen molar-refractivity contribution in [3.8, 4) is 17.2 Å². The fourth-order valence-corrected chi connectivity index (χ4v) is 1.59. The molecule has 116 valence electrons. The molecule has 1 unspecified atom stereocenters. The van der Waals surface area contributed by atoms with Gasteiger partial charge in [-0.3, -0.25) is 4.79 Å². The maximum absolute atomic E-state index is 12.1. The highest BCUT2D eigenvalue weighted by atomic mass is 16.5. The summed E-state index contributed by atoms with van der Waals surface area (Å²) < 4.78 is 14.3. The molecule has 1 amide bonds. The van der Waals surface area contributed by atoms with Crippen molar-refractivity contribution in [2.24, 2.45) is 0 Å². The Morgan fingerprint density at radius 2 is 1.71 bits per heavy atom. The maximum Gasteiger partial charge on any atom is 0.330 e. The van der Waals surface area contributed by atoms with E-state index in [9.17, 15) is 14.7 Å². The number of phenolic OH excluding ortho intramolecular Hbond substituents is 1. The summed E-state index contributed by atoms with van der Waals surface area (Å²) in [4.78, 5) is 23.4. The Hall–Kier alpha value is -2.48. The summed E-state index contributed by atoms with van der Waals surface area (Å²) in [7, 11) is 3.78. The van der Waals surface area contributed by atoms with E-state index < -0.39 is 24.5 Å². The largest absolute Gasteiger partial charge is 0.502 e. The highest BCUT2D eigenvalue weighted by Crippen LogP contribution is 2.37. The summed E-state index contributed by atoms with van der Waals surface area (Å²) in [5.41, 5.74) is 0.0869. The molecule has 1 aromatic carbocycles. The molecule has 0 radical (unpaired) electrons. The number of carbonyl (C=O) groups excluding carboxylic acids is 2. The van der Waals surface area contributed by atoms with Crippen LogP contribution in [0.1, 0.15) is 10.4 Å². The number of esters is 1. The van der Waals surface area contributed by atoms with E-state index in [1.54, 1.807) is 0 Å². The van der Waals surface area contributed by atoms with Gasteiger partial charge < -0.3 is 29.7 Å². The minimum atomic E-state index is -1.19. The van der Waals surface area contributed by atoms with E-state index in [2.05, 4.69) is 10.1 Å². The molecule has 0 saturated carbocycles. The van der Waals surface area contributed by atoms with Crippen LogP contribution in [-0.4, -0.2) is 56.1 Å². The fraction of sp³-hybridized carbons (Fsp3) is 0.385. The number of aliphatic hydroxyl groups is 1. The predicted octanol–water partition coefficient (Wildman–Crippen LogP) is -0.327. The van der Waals surface area contributed by atoms with Crippen molar-refractivity contribution >= 4 is 11.9 Å². The second-order valence-corrected chi connectivity index (χ2v) is 3.96. The molecule has 1 atom stereocenters. The molecule has 0 aliphatic rings. The molecule has 0 spiro atoms. The normalized spacial score (nSPS) is 11.4. The van der Waals surface area contributed by atoms with Crippen molar-refractivity contribution < 1.29 is 34.0 Å². The van der Waals surface area contributed by atoms with Crippen LogP contribution in [-0.2, 0) is 9.53 Å². The summed E-state index contributed by atoms with van der Waals surface area (Å²) in [6, 6.07) is 1.37. The SMILES string of the molecule is COC(=O)C(CO)NC(=O)c1cc(OC)c(O)c(OC)c1. The highest BCUT2D eigenvalue weighted by Gasteiger charge is 2.23. The third kappa shape index (κ3) is 3.76. The molecule has 1 aromatic rings. The quantitative estimate of drug-likeness (QED) is 0.616. The van der Waals surface area contributed by atoms with E-state index in [-0.39, 0.29) is 22.8 Å². The second kappa shape index (κ2) is 7.34. The number of ether oxygens (including phenoxy) is 3. The Kier molecular flexibility index (Phi) is 5.79. The number of hydrogen-bond donors (Lipinski definition) is 3. The number of benzene rings is 1. The number of amides is 1. The molecular weight excluding hydrogens is 282 g/mol. The lowest BCUT2D eigenvalue weighted by Gasteiger charge is -2.15. The lowest BCUT2D eigenvalue weighted by Crippen LogP contribution is -2.44. The van der Waals surface area contributed by atoms with E-state index in [0.29, 0.717) is 0 Å². The van der Waals surface area contributed by atoms with Gasteiger partial charge in [0.15, 0.2) is 17.5 Å². The molecule has 3 N–H and O–H groups in total. The Morgan fingerprint density at radius 3 is 2.10 bits per heavy atom. The first-order valence-corrected chi connectivity index (χ1v) is 5.93. The number of nitrogens with one attached hydrogen (secondary N) is 1. The summed E-state index contributed by atoms with van der Waals surface area (Å²) in [6.45, 7) is -0.606. The molecule has 1 rings (SSSR count). The topological polar surface area (TPSA) is 114 Å². The number of aromatic hydroxyl groups is 1. The van der Waals surface area contributed by atoms with Crippen molar-refractivity contribution in [2.75, 3.05) is 27.9 Å². The van der Waals surface area contributed by atoms with Gasteiger partial charge in [0.1, 0.15) is 0 Å². The van der Waals surface area contributed by atoms with Gasteiger partial charge in [-0.2, -0.15) is 0 Å². The molecular formula is C13H17NO7. The van der Waals surface area contributed by atoms with Gasteiger partial charge in [-0.05, 0) is 12.1 Å². The standard InChI is InChI=1S/C13H17NO7/c1-19-9-4-7(5-10(20-2)11(9)16)12(17)14-8(6-15)13(18)21-3/h4-5,8,15-16H,6H2,1-3H3,(H,14,17). The van der Waals surface area contributed by atoms with Gasteiger partial charge in [0.2, 0.25) is 5.75 Å². The summed E-state index contributed by atoms with van der Waals surface area (Å²) >= 11 is 0. The smallest absolute Gasteiger partial charge is 0.330 e. The van der Waals surface area contributed by atoms with Crippen LogP contribution < -0.4 is 14.8 Å². The molecule has 0 heterocycles. The number of phenols is 1. The van der Waals surface area contributed by atoms with E-state index in [4.69, 9.17) is 14.6 Å². The van der Waals surface area contributed by atoms with Crippen LogP contribution in [0.2, 0.25) is 0 Å². The van der Waals surface area contributed by atoms with Crippen molar-refractivity contribution in [1.82, 2.24) is 5.32 Å². The Balaban J connectivity index is 3.04. The lowest BCUT2D eigenvalue weighted by molar-refractivity contribution is -0.143. The molecule has 8 heteroatoms. The zero-order valence-electron chi connectivity index (χ0n) is 11.9. The zero-order chi connectivity index (χ0) is 16.0. The van der Waals surface area contributed by atoms with Crippen LogP contribution in [0.15, 0.2) is 12.1 Å². The van der Waals surface area contributed by atoms with Crippen LogP contribution in [0.3, 0.4) is 0 Å². The van der Waals surface area contributed by atoms with Gasteiger partial charge in [-0.15, -0.1) is 0 Å². The average molecular weight is 299 g/mol. The molecule has 0 aliphatic carbocycles. The number of rotatable bonds is 6.